The molecule has 0 radical (unpaired) electrons. The van der Waals surface area contributed by atoms with E-state index in [1.54, 1.807) is 0 Å². The lowest BCUT2D eigenvalue weighted by Crippen LogP contribution is -2.49. The molecular weight excluding hydrogens is 426 g/mol. The van der Waals surface area contributed by atoms with E-state index in [2.05, 4.69) is 67.9 Å². The van der Waals surface area contributed by atoms with Crippen LogP contribution in [0.1, 0.15) is 18.4 Å². The van der Waals surface area contributed by atoms with Crippen LogP contribution in [0.2, 0.25) is 0 Å². The molecule has 0 unspecified atom stereocenters. The summed E-state index contributed by atoms with van der Waals surface area (Å²) in [7, 11) is 0. The van der Waals surface area contributed by atoms with Crippen molar-refractivity contribution in [3.05, 3.63) is 48.0 Å². The van der Waals surface area contributed by atoms with Gasteiger partial charge in [-0.25, -0.2) is 0 Å². The summed E-state index contributed by atoms with van der Waals surface area (Å²) in [5, 5.41) is 9.82. The molecule has 184 valence electrons. The number of nitrogens with zero attached hydrogens (tertiary/aromatic N) is 3. The largest absolute Gasteiger partial charge is 0.379 e. The van der Waals surface area contributed by atoms with Crippen LogP contribution >= 0.6 is 0 Å². The summed E-state index contributed by atoms with van der Waals surface area (Å²) in [6.45, 7) is 12.3. The Labute approximate surface area is 203 Å². The third-order valence-corrected chi connectivity index (χ3v) is 7.65. The van der Waals surface area contributed by atoms with Gasteiger partial charge in [-0.1, -0.05) is 42.5 Å². The van der Waals surface area contributed by atoms with Crippen molar-refractivity contribution in [2.75, 3.05) is 85.3 Å². The summed E-state index contributed by atoms with van der Waals surface area (Å²) in [6, 6.07) is 15.7. The summed E-state index contributed by atoms with van der Waals surface area (Å²) < 4.78 is 11.2. The Balaban J connectivity index is 1.47. The van der Waals surface area contributed by atoms with Gasteiger partial charge in [0.1, 0.15) is 0 Å². The van der Waals surface area contributed by atoms with Crippen LogP contribution in [-0.4, -0.2) is 101 Å². The maximum atomic E-state index is 5.62. The minimum Gasteiger partial charge on any atom is -0.379 e. The first kappa shape index (κ1) is 23.5. The van der Waals surface area contributed by atoms with Gasteiger partial charge in [-0.05, 0) is 42.3 Å². The van der Waals surface area contributed by atoms with Gasteiger partial charge in [-0.15, -0.1) is 0 Å². The second-order valence-corrected chi connectivity index (χ2v) is 9.73. The summed E-state index contributed by atoms with van der Waals surface area (Å²) in [4.78, 5) is 9.78. The SMILES string of the molecule is c1ccc2c(C(CCN3CCOCC3)(CCN3CCOCC3)CNC3=NCCN3)cccc2c1. The summed E-state index contributed by atoms with van der Waals surface area (Å²) in [6.07, 6.45) is 2.21. The van der Waals surface area contributed by atoms with E-state index < -0.39 is 0 Å². The molecule has 0 atom stereocenters. The van der Waals surface area contributed by atoms with Crippen LogP contribution in [0.4, 0.5) is 0 Å². The zero-order chi connectivity index (χ0) is 23.1. The minimum absolute atomic E-state index is 0.00966. The number of fused-ring (bicyclic) bond motifs is 1. The molecule has 2 aromatic carbocycles. The number of hydrogen-bond donors (Lipinski definition) is 2. The molecule has 0 aliphatic carbocycles. The molecule has 0 aromatic heterocycles. The molecular formula is C27H39N5O2. The fraction of sp³-hybridized carbons (Fsp3) is 0.593. The lowest BCUT2D eigenvalue weighted by molar-refractivity contribution is 0.0280. The number of hydrogen-bond acceptors (Lipinski definition) is 7. The van der Waals surface area contributed by atoms with Crippen molar-refractivity contribution in [1.82, 2.24) is 20.4 Å². The molecule has 2 saturated heterocycles. The van der Waals surface area contributed by atoms with Crippen molar-refractivity contribution >= 4 is 16.7 Å². The van der Waals surface area contributed by atoms with Gasteiger partial charge in [0.05, 0.1) is 33.0 Å². The van der Waals surface area contributed by atoms with E-state index in [9.17, 15) is 0 Å². The highest BCUT2D eigenvalue weighted by Crippen LogP contribution is 2.37. The van der Waals surface area contributed by atoms with Gasteiger partial charge < -0.3 is 20.1 Å². The molecule has 2 N–H and O–H groups in total. The monoisotopic (exact) mass is 465 g/mol. The topological polar surface area (TPSA) is 61.4 Å². The van der Waals surface area contributed by atoms with Gasteiger partial charge in [0, 0.05) is 44.7 Å². The van der Waals surface area contributed by atoms with Crippen molar-refractivity contribution in [3.8, 4) is 0 Å². The molecule has 0 amide bonds. The highest BCUT2D eigenvalue weighted by atomic mass is 16.5. The maximum Gasteiger partial charge on any atom is 0.191 e. The third-order valence-electron chi connectivity index (χ3n) is 7.65. The van der Waals surface area contributed by atoms with E-state index in [4.69, 9.17) is 9.47 Å². The molecule has 0 saturated carbocycles. The van der Waals surface area contributed by atoms with E-state index in [0.29, 0.717) is 0 Å². The molecule has 3 heterocycles. The van der Waals surface area contributed by atoms with Gasteiger partial charge >= 0.3 is 0 Å². The smallest absolute Gasteiger partial charge is 0.191 e. The Morgan fingerprint density at radius 2 is 1.50 bits per heavy atom. The summed E-state index contributed by atoms with van der Waals surface area (Å²) in [5.74, 6) is 0.947. The van der Waals surface area contributed by atoms with Crippen LogP contribution < -0.4 is 10.6 Å². The van der Waals surface area contributed by atoms with Crippen molar-refractivity contribution in [1.29, 1.82) is 0 Å². The zero-order valence-electron chi connectivity index (χ0n) is 20.3. The number of rotatable bonds is 9. The Hall–Kier alpha value is -2.19. The molecule has 3 aliphatic heterocycles. The molecule has 3 aliphatic rings. The molecule has 34 heavy (non-hydrogen) atoms. The van der Waals surface area contributed by atoms with Gasteiger partial charge in [0.15, 0.2) is 5.96 Å². The molecule has 0 spiro atoms. The van der Waals surface area contributed by atoms with Crippen molar-refractivity contribution < 1.29 is 9.47 Å². The quantitative estimate of drug-likeness (QED) is 0.591. The van der Waals surface area contributed by atoms with Crippen molar-refractivity contribution in [2.45, 2.75) is 18.3 Å². The van der Waals surface area contributed by atoms with Crippen LogP contribution in [0.15, 0.2) is 47.5 Å². The second-order valence-electron chi connectivity index (χ2n) is 9.73. The predicted molar refractivity (Wildman–Crippen MR) is 138 cm³/mol. The summed E-state index contributed by atoms with van der Waals surface area (Å²) >= 11 is 0. The van der Waals surface area contributed by atoms with E-state index in [1.165, 1.54) is 16.3 Å². The van der Waals surface area contributed by atoms with E-state index >= 15 is 0 Å². The highest BCUT2D eigenvalue weighted by molar-refractivity contribution is 5.87. The van der Waals surface area contributed by atoms with Crippen LogP contribution in [0.25, 0.3) is 10.8 Å². The van der Waals surface area contributed by atoms with Crippen molar-refractivity contribution in [2.24, 2.45) is 4.99 Å². The maximum absolute atomic E-state index is 5.62. The van der Waals surface area contributed by atoms with E-state index in [-0.39, 0.29) is 5.41 Å². The Morgan fingerprint density at radius 1 is 0.853 bits per heavy atom. The average molecular weight is 466 g/mol. The van der Waals surface area contributed by atoms with Crippen LogP contribution in [0.3, 0.4) is 0 Å². The minimum atomic E-state index is -0.00966. The normalized spacial score (nSPS) is 20.3. The van der Waals surface area contributed by atoms with Crippen molar-refractivity contribution in [3.63, 3.8) is 0 Å². The van der Waals surface area contributed by atoms with Gasteiger partial charge in [-0.3, -0.25) is 14.8 Å². The first-order chi connectivity index (χ1) is 16.8. The van der Waals surface area contributed by atoms with E-state index in [1.807, 2.05) is 0 Å². The molecule has 2 aromatic rings. The molecule has 5 rings (SSSR count). The number of benzene rings is 2. The first-order valence-electron chi connectivity index (χ1n) is 12.9. The molecule has 7 nitrogen and oxygen atoms in total. The Morgan fingerprint density at radius 3 is 2.15 bits per heavy atom. The average Bonchev–Trinajstić information content (AvgIpc) is 3.43. The number of aliphatic imine (C=N–C) groups is 1. The van der Waals surface area contributed by atoms with Gasteiger partial charge in [0.25, 0.3) is 0 Å². The van der Waals surface area contributed by atoms with Crippen LogP contribution in [0.5, 0.6) is 0 Å². The fourth-order valence-electron chi connectivity index (χ4n) is 5.52. The molecule has 0 bridgehead atoms. The molecule has 7 heteroatoms. The van der Waals surface area contributed by atoms with Crippen LogP contribution in [0, 0.1) is 0 Å². The lowest BCUT2D eigenvalue weighted by atomic mass is 9.72. The zero-order valence-corrected chi connectivity index (χ0v) is 20.3. The fourth-order valence-corrected chi connectivity index (χ4v) is 5.52. The predicted octanol–water partition coefficient (Wildman–Crippen LogP) is 2.07. The number of nitrogens with one attached hydrogen (secondary N) is 2. The number of guanidine groups is 1. The van der Waals surface area contributed by atoms with Gasteiger partial charge in [0.2, 0.25) is 0 Å². The lowest BCUT2D eigenvalue weighted by Gasteiger charge is -2.40. The Kier molecular flexibility index (Phi) is 7.96. The number of ether oxygens (including phenoxy) is 2. The van der Waals surface area contributed by atoms with E-state index in [0.717, 1.165) is 104 Å². The highest BCUT2D eigenvalue weighted by Gasteiger charge is 2.35. The number of morpholine rings is 2. The Bertz CT molecular complexity index is 926. The first-order valence-corrected chi connectivity index (χ1v) is 12.9. The molecule has 2 fully saturated rings. The summed E-state index contributed by atoms with van der Waals surface area (Å²) in [5.41, 5.74) is 1.45. The van der Waals surface area contributed by atoms with Gasteiger partial charge in [-0.2, -0.15) is 0 Å². The standard InChI is InChI=1S/C27H39N5O2/c1-2-6-24-23(4-1)5-3-7-25(24)27(22-30-26-28-10-11-29-26,8-12-31-14-18-33-19-15-31)9-13-32-16-20-34-21-17-32/h1-7H,8-22H2,(H2,28,29,30). The second kappa shape index (κ2) is 11.5. The van der Waals surface area contributed by atoms with Crippen LogP contribution in [-0.2, 0) is 14.9 Å². The third kappa shape index (κ3) is 5.71.